The van der Waals surface area contributed by atoms with Gasteiger partial charge in [-0.05, 0) is 29.8 Å². The monoisotopic (exact) mass is 508 g/mol. The molecule has 16 heteroatoms. The maximum Gasteiger partial charge on any atom is 1.00 e. The Morgan fingerprint density at radius 1 is 1.03 bits per heavy atom. The molecule has 10 nitrogen and oxygen atoms in total. The number of phenolic OH excluding ortho intramolecular Hbond substituents is 1. The minimum absolute atomic E-state index is 0. The van der Waals surface area contributed by atoms with Crippen LogP contribution in [0.4, 0.5) is 4.39 Å². The van der Waals surface area contributed by atoms with E-state index in [9.17, 15) is 43.0 Å². The third-order valence-corrected chi connectivity index (χ3v) is 8.63. The van der Waals surface area contributed by atoms with Gasteiger partial charge in [-0.3, -0.25) is 4.79 Å². The Balaban J connectivity index is 0.00000240. The van der Waals surface area contributed by atoms with E-state index in [2.05, 4.69) is 5.43 Å². The molecule has 0 amide bonds. The molecule has 0 aliphatic heterocycles. The predicted octanol–water partition coefficient (Wildman–Crippen LogP) is -5.38. The first-order valence-corrected chi connectivity index (χ1v) is 11.9. The van der Waals surface area contributed by atoms with Gasteiger partial charge in [0.15, 0.2) is 0 Å². The third-order valence-electron chi connectivity index (χ3n) is 4.03. The van der Waals surface area contributed by atoms with Crippen molar-refractivity contribution in [3.63, 3.8) is 0 Å². The van der Waals surface area contributed by atoms with Gasteiger partial charge in [0.2, 0.25) is 0 Å². The van der Waals surface area contributed by atoms with Crippen LogP contribution in [0.3, 0.4) is 0 Å². The summed E-state index contributed by atoms with van der Waals surface area (Å²) in [6, 6.07) is 5.86. The number of hydrogen-bond donors (Lipinski definition) is 4. The number of aromatic nitrogens is 1. The molecule has 0 aliphatic rings. The van der Waals surface area contributed by atoms with Gasteiger partial charge in [-0.1, -0.05) is 23.5 Å². The molecule has 3 aromatic rings. The quantitative estimate of drug-likeness (QED) is 0.187. The summed E-state index contributed by atoms with van der Waals surface area (Å²) in [6.07, 6.45) is 0. The molecular formula is C15H13FN2Na2O8P2S. The Bertz CT molecular complexity index is 1190. The second-order valence-corrected chi connectivity index (χ2v) is 10.8. The van der Waals surface area contributed by atoms with E-state index in [4.69, 9.17) is 0 Å². The largest absolute Gasteiger partial charge is 1.00 e. The zero-order valence-electron chi connectivity index (χ0n) is 16.2. The van der Waals surface area contributed by atoms with Crippen molar-refractivity contribution in [1.82, 2.24) is 4.68 Å². The second kappa shape index (κ2) is 10.9. The number of halogens is 1. The number of rotatable bonds is 6. The number of phenols is 1. The molecule has 0 saturated carbocycles. The summed E-state index contributed by atoms with van der Waals surface area (Å²) < 4.78 is 38.0. The number of hydrogen-bond acceptors (Lipinski definition) is 8. The number of nitrogens with zero attached hydrogens (tertiary/aromatic N) is 1. The van der Waals surface area contributed by atoms with E-state index in [0.717, 1.165) is 28.9 Å². The van der Waals surface area contributed by atoms with E-state index < -0.39 is 37.3 Å². The van der Waals surface area contributed by atoms with Crippen molar-refractivity contribution in [3.8, 4) is 5.75 Å². The minimum atomic E-state index is -5.73. The number of benzene rings is 2. The van der Waals surface area contributed by atoms with Crippen molar-refractivity contribution in [1.29, 1.82) is 0 Å². The first kappa shape index (κ1) is 29.0. The molecule has 3 rings (SSSR count). The average Bonchev–Trinajstić information content (AvgIpc) is 2.88. The fourth-order valence-electron chi connectivity index (χ4n) is 2.81. The molecule has 2 aromatic carbocycles. The summed E-state index contributed by atoms with van der Waals surface area (Å²) in [5, 5.41) is 6.89. The zero-order valence-corrected chi connectivity index (χ0v) is 22.8. The smallest absolute Gasteiger partial charge is 0.778 e. The fraction of sp³-hybridized carbons (Fsp3) is 0.133. The van der Waals surface area contributed by atoms with Crippen molar-refractivity contribution in [2.45, 2.75) is 11.4 Å². The first-order chi connectivity index (χ1) is 13.4. The molecule has 0 bridgehead atoms. The van der Waals surface area contributed by atoms with Crippen molar-refractivity contribution in [3.05, 3.63) is 63.5 Å². The molecule has 0 spiro atoms. The van der Waals surface area contributed by atoms with E-state index in [1.807, 2.05) is 0 Å². The Hall–Kier alpha value is -0.0400. The molecule has 156 valence electrons. The van der Waals surface area contributed by atoms with E-state index in [1.165, 1.54) is 18.2 Å². The normalized spacial score (nSPS) is 16.8. The molecule has 1 aromatic heterocycles. The van der Waals surface area contributed by atoms with Crippen LogP contribution < -0.4 is 79.2 Å². The summed E-state index contributed by atoms with van der Waals surface area (Å²) >= 11 is 0.708. The molecule has 0 radical (unpaired) electrons. The molecule has 0 fully saturated rings. The number of fused-ring (bicyclic) bond motifs is 1. The van der Waals surface area contributed by atoms with Gasteiger partial charge in [-0.15, -0.1) is 0 Å². The number of nitrogens with one attached hydrogen (secondary N) is 1. The summed E-state index contributed by atoms with van der Waals surface area (Å²) in [6.45, 7) is 0. The molecular weight excluding hydrogens is 495 g/mol. The summed E-state index contributed by atoms with van der Waals surface area (Å²) in [7, 11) is -11.5. The van der Waals surface area contributed by atoms with Crippen LogP contribution in [0.25, 0.3) is 10.2 Å². The van der Waals surface area contributed by atoms with E-state index in [1.54, 1.807) is 0 Å². The van der Waals surface area contributed by atoms with Crippen LogP contribution in [-0.4, -0.2) is 25.0 Å². The molecule has 3 atom stereocenters. The average molecular weight is 508 g/mol. The maximum absolute atomic E-state index is 13.3. The summed E-state index contributed by atoms with van der Waals surface area (Å²) in [5.74, 6) is -0.940. The van der Waals surface area contributed by atoms with Crippen LogP contribution >= 0.6 is 26.5 Å². The topological polar surface area (TPSA) is 175 Å². The van der Waals surface area contributed by atoms with Crippen molar-refractivity contribution in [2.24, 2.45) is 0 Å². The van der Waals surface area contributed by atoms with Crippen molar-refractivity contribution >= 4 is 36.7 Å². The zero-order chi connectivity index (χ0) is 21.6. The maximum atomic E-state index is 13.3. The van der Waals surface area contributed by atoms with E-state index >= 15 is 0 Å². The SMILES string of the molecule is O=c1sc2ccc(O)cc2n1NC(c1ccc(F)cc1)C(P(=O)([O-])O)P(=O)([O-])O.[Na+].[Na+]. The van der Waals surface area contributed by atoms with Crippen molar-refractivity contribution < 1.29 is 97.3 Å². The van der Waals surface area contributed by atoms with Gasteiger partial charge in [0.1, 0.15) is 32.2 Å². The number of thiazole rings is 1. The Kier molecular flexibility index (Phi) is 10.2. The van der Waals surface area contributed by atoms with Crippen LogP contribution in [0.15, 0.2) is 47.3 Å². The van der Waals surface area contributed by atoms with Crippen LogP contribution in [-0.2, 0) is 9.13 Å². The van der Waals surface area contributed by atoms with Crippen molar-refractivity contribution in [2.75, 3.05) is 5.43 Å². The van der Waals surface area contributed by atoms with Crippen LogP contribution in [0.5, 0.6) is 5.75 Å². The van der Waals surface area contributed by atoms with Crippen LogP contribution in [0.2, 0.25) is 0 Å². The fourth-order valence-corrected chi connectivity index (χ4v) is 6.34. The molecule has 31 heavy (non-hydrogen) atoms. The first-order valence-electron chi connectivity index (χ1n) is 7.81. The van der Waals surface area contributed by atoms with Gasteiger partial charge in [0.25, 0.3) is 0 Å². The van der Waals surface area contributed by atoms with Gasteiger partial charge < -0.3 is 39.2 Å². The molecule has 3 unspecified atom stereocenters. The van der Waals surface area contributed by atoms with Gasteiger partial charge in [-0.2, -0.15) is 0 Å². The van der Waals surface area contributed by atoms with Gasteiger partial charge in [0, 0.05) is 6.07 Å². The standard InChI is InChI=1S/C15H15FN2O8P2S.2Na/c16-9-3-1-8(2-4-9)13(14(27(21,22)23)28(24,25)26)17-18-11-7-10(19)5-6-12(11)29-15(18)20;;/h1-7,13-14,17,19H,(H2,21,22,23)(H2,24,25,26);;/q;2*+1/p-2. The van der Waals surface area contributed by atoms with E-state index in [0.29, 0.717) is 16.0 Å². The number of aromatic hydroxyl groups is 1. The Morgan fingerprint density at radius 2 is 1.58 bits per heavy atom. The van der Waals surface area contributed by atoms with Crippen LogP contribution in [0, 0.1) is 5.82 Å². The van der Waals surface area contributed by atoms with Crippen LogP contribution in [0.1, 0.15) is 11.6 Å². The molecule has 0 saturated heterocycles. The van der Waals surface area contributed by atoms with Gasteiger partial charge in [0.05, 0.1) is 16.3 Å². The molecule has 0 aliphatic carbocycles. The minimum Gasteiger partial charge on any atom is -0.778 e. The van der Waals surface area contributed by atoms with Gasteiger partial charge >= 0.3 is 64.0 Å². The summed E-state index contributed by atoms with van der Waals surface area (Å²) in [5.41, 5.74) is 2.29. The summed E-state index contributed by atoms with van der Waals surface area (Å²) in [4.78, 5) is 54.2. The van der Waals surface area contributed by atoms with E-state index in [-0.39, 0.29) is 75.9 Å². The Labute approximate surface area is 223 Å². The molecule has 1 heterocycles. The third kappa shape index (κ3) is 6.74. The molecule has 4 N–H and O–H groups in total. The predicted molar refractivity (Wildman–Crippen MR) is 99.7 cm³/mol. The van der Waals surface area contributed by atoms with Gasteiger partial charge in [-0.25, -0.2) is 9.07 Å². The Morgan fingerprint density at radius 3 is 2.10 bits per heavy atom. The second-order valence-electron chi connectivity index (χ2n) is 6.06.